The topological polar surface area (TPSA) is 70.3 Å². The van der Waals surface area contributed by atoms with E-state index in [0.29, 0.717) is 21.6 Å². The van der Waals surface area contributed by atoms with Crippen LogP contribution < -0.4 is 5.01 Å². The number of hydrazone groups is 1. The molecule has 134 valence electrons. The number of hydrogen-bond acceptors (Lipinski definition) is 6. The summed E-state index contributed by atoms with van der Waals surface area (Å²) in [5, 5.41) is 17.0. The second-order valence-corrected chi connectivity index (χ2v) is 7.14. The number of rotatable bonds is 4. The van der Waals surface area contributed by atoms with E-state index in [9.17, 15) is 4.79 Å². The fraction of sp³-hybridized carbons (Fsp3) is 0.105. The first kappa shape index (κ1) is 17.5. The average Bonchev–Trinajstić information content (AvgIpc) is 3.27. The van der Waals surface area contributed by atoms with Crippen molar-refractivity contribution in [3.63, 3.8) is 0 Å². The lowest BCUT2D eigenvalue weighted by atomic mass is 10.2. The van der Waals surface area contributed by atoms with E-state index in [1.165, 1.54) is 16.3 Å². The first-order chi connectivity index (χ1) is 13.1. The van der Waals surface area contributed by atoms with Crippen LogP contribution in [0, 0.1) is 0 Å². The average molecular weight is 396 g/mol. The Kier molecular flexibility index (Phi) is 4.79. The molecule has 0 saturated heterocycles. The lowest BCUT2D eigenvalue weighted by Crippen LogP contribution is -2.29. The molecular formula is C19H14ClN5OS. The largest absolute Gasteiger partial charge is 0.282 e. The molecule has 2 heterocycles. The van der Waals surface area contributed by atoms with Crippen LogP contribution >= 0.6 is 22.9 Å². The van der Waals surface area contributed by atoms with E-state index in [2.05, 4.69) is 20.3 Å². The third kappa shape index (κ3) is 3.65. The van der Waals surface area contributed by atoms with Gasteiger partial charge in [-0.3, -0.25) is 4.79 Å². The minimum atomic E-state index is -0.746. The van der Waals surface area contributed by atoms with Gasteiger partial charge in [0.15, 0.2) is 6.04 Å². The van der Waals surface area contributed by atoms with Crippen molar-refractivity contribution in [2.24, 2.45) is 15.3 Å². The van der Waals surface area contributed by atoms with Crippen LogP contribution in [0.2, 0.25) is 5.02 Å². The minimum absolute atomic E-state index is 0.265. The Bertz CT molecular complexity index is 1030. The Labute approximate surface area is 164 Å². The Balaban J connectivity index is 1.54. The maximum absolute atomic E-state index is 12.7. The Morgan fingerprint density at radius 2 is 1.85 bits per heavy atom. The highest BCUT2D eigenvalue weighted by Crippen LogP contribution is 2.30. The summed E-state index contributed by atoms with van der Waals surface area (Å²) in [5.41, 5.74) is 3.00. The number of hydrogen-bond donors (Lipinski definition) is 0. The van der Waals surface area contributed by atoms with Crippen molar-refractivity contribution in [2.75, 3.05) is 5.01 Å². The summed E-state index contributed by atoms with van der Waals surface area (Å²) in [7, 11) is 0. The van der Waals surface area contributed by atoms with Gasteiger partial charge in [-0.05, 0) is 31.2 Å². The summed E-state index contributed by atoms with van der Waals surface area (Å²) in [5.74, 6) is -0.265. The predicted octanol–water partition coefficient (Wildman–Crippen LogP) is 5.34. The zero-order valence-electron chi connectivity index (χ0n) is 14.3. The fourth-order valence-electron chi connectivity index (χ4n) is 2.56. The quantitative estimate of drug-likeness (QED) is 0.559. The molecule has 27 heavy (non-hydrogen) atoms. The SMILES string of the molecule is CC1=NN(c2nc(-c3ccccc3)cs2)C(=O)[C@H]1N=Nc1ccc(Cl)cc1. The van der Waals surface area contributed by atoms with E-state index in [-0.39, 0.29) is 5.91 Å². The van der Waals surface area contributed by atoms with Crippen molar-refractivity contribution >= 4 is 45.4 Å². The van der Waals surface area contributed by atoms with Gasteiger partial charge in [-0.25, -0.2) is 4.98 Å². The number of benzene rings is 2. The predicted molar refractivity (Wildman–Crippen MR) is 108 cm³/mol. The third-order valence-corrected chi connectivity index (χ3v) is 5.02. The van der Waals surface area contributed by atoms with Gasteiger partial charge in [0.1, 0.15) is 0 Å². The Hall–Kier alpha value is -2.90. The van der Waals surface area contributed by atoms with Gasteiger partial charge in [-0.2, -0.15) is 20.3 Å². The van der Waals surface area contributed by atoms with Gasteiger partial charge in [-0.1, -0.05) is 41.9 Å². The Morgan fingerprint density at radius 1 is 1.11 bits per heavy atom. The van der Waals surface area contributed by atoms with Crippen LogP contribution in [0.1, 0.15) is 6.92 Å². The molecule has 6 nitrogen and oxygen atoms in total. The highest BCUT2D eigenvalue weighted by Gasteiger charge is 2.36. The van der Waals surface area contributed by atoms with Crippen LogP contribution in [-0.2, 0) is 4.79 Å². The number of carbonyl (C=O) groups is 1. The highest BCUT2D eigenvalue weighted by molar-refractivity contribution is 7.14. The van der Waals surface area contributed by atoms with Gasteiger partial charge in [0, 0.05) is 16.0 Å². The number of amides is 1. The zero-order valence-corrected chi connectivity index (χ0v) is 15.9. The molecule has 0 aliphatic carbocycles. The number of anilines is 1. The minimum Gasteiger partial charge on any atom is -0.269 e. The van der Waals surface area contributed by atoms with Crippen molar-refractivity contribution < 1.29 is 4.79 Å². The van der Waals surface area contributed by atoms with Crippen LogP contribution in [0.25, 0.3) is 11.3 Å². The van der Waals surface area contributed by atoms with Gasteiger partial charge in [0.25, 0.3) is 5.91 Å². The fourth-order valence-corrected chi connectivity index (χ4v) is 3.47. The first-order valence-electron chi connectivity index (χ1n) is 8.18. The van der Waals surface area contributed by atoms with Crippen LogP contribution in [0.15, 0.2) is 75.3 Å². The molecule has 1 aliphatic heterocycles. The van der Waals surface area contributed by atoms with Gasteiger partial charge >= 0.3 is 0 Å². The molecule has 0 unspecified atom stereocenters. The summed E-state index contributed by atoms with van der Waals surface area (Å²) in [6.45, 7) is 1.76. The second kappa shape index (κ2) is 7.38. The maximum atomic E-state index is 12.7. The summed E-state index contributed by atoms with van der Waals surface area (Å²) in [6, 6.07) is 16.0. The van der Waals surface area contributed by atoms with Crippen molar-refractivity contribution in [1.82, 2.24) is 4.98 Å². The van der Waals surface area contributed by atoms with Crippen molar-refractivity contribution in [3.8, 4) is 11.3 Å². The Morgan fingerprint density at radius 3 is 2.59 bits per heavy atom. The van der Waals surface area contributed by atoms with Crippen molar-refractivity contribution in [2.45, 2.75) is 13.0 Å². The molecule has 0 fully saturated rings. The van der Waals surface area contributed by atoms with E-state index in [4.69, 9.17) is 11.6 Å². The molecule has 0 saturated carbocycles. The monoisotopic (exact) mass is 395 g/mol. The summed E-state index contributed by atoms with van der Waals surface area (Å²) >= 11 is 7.23. The number of aromatic nitrogens is 1. The molecule has 0 radical (unpaired) electrons. The normalized spacial score (nSPS) is 17.0. The number of azo groups is 1. The highest BCUT2D eigenvalue weighted by atomic mass is 35.5. The number of carbonyl (C=O) groups excluding carboxylic acids is 1. The van der Waals surface area contributed by atoms with Gasteiger partial charge < -0.3 is 0 Å². The summed E-state index contributed by atoms with van der Waals surface area (Å²) in [4.78, 5) is 17.3. The third-order valence-electron chi connectivity index (χ3n) is 3.95. The van der Waals surface area contributed by atoms with Crippen LogP contribution in [0.3, 0.4) is 0 Å². The summed E-state index contributed by atoms with van der Waals surface area (Å²) in [6.07, 6.45) is 0. The molecule has 1 aliphatic rings. The lowest BCUT2D eigenvalue weighted by Gasteiger charge is -2.08. The van der Waals surface area contributed by atoms with Gasteiger partial charge in [0.05, 0.1) is 17.1 Å². The molecular weight excluding hydrogens is 382 g/mol. The molecule has 2 aromatic carbocycles. The van der Waals surface area contributed by atoms with Gasteiger partial charge in [0.2, 0.25) is 5.13 Å². The molecule has 4 rings (SSSR count). The molecule has 1 aromatic heterocycles. The number of thiazole rings is 1. The van der Waals surface area contributed by atoms with E-state index >= 15 is 0 Å². The molecule has 0 bridgehead atoms. The maximum Gasteiger partial charge on any atom is 0.282 e. The van der Waals surface area contributed by atoms with E-state index in [0.717, 1.165) is 11.3 Å². The standard InChI is InChI=1S/C19H14ClN5OS/c1-12-17(23-22-15-9-7-14(20)8-10-15)18(26)25(24-12)19-21-16(11-27-19)13-5-3-2-4-6-13/h2-11,17H,1H3/t17-/m0/s1. The van der Waals surface area contributed by atoms with Crippen LogP contribution in [0.5, 0.6) is 0 Å². The molecule has 1 atom stereocenters. The second-order valence-electron chi connectivity index (χ2n) is 5.87. The lowest BCUT2D eigenvalue weighted by molar-refractivity contribution is -0.117. The van der Waals surface area contributed by atoms with E-state index in [1.54, 1.807) is 31.2 Å². The van der Waals surface area contributed by atoms with E-state index < -0.39 is 6.04 Å². The number of halogens is 1. The number of nitrogens with zero attached hydrogens (tertiary/aromatic N) is 5. The molecule has 3 aromatic rings. The smallest absolute Gasteiger partial charge is 0.269 e. The van der Waals surface area contributed by atoms with Crippen molar-refractivity contribution in [1.29, 1.82) is 0 Å². The molecule has 8 heteroatoms. The molecule has 0 spiro atoms. The molecule has 1 amide bonds. The van der Waals surface area contributed by atoms with Crippen molar-refractivity contribution in [3.05, 3.63) is 65.0 Å². The van der Waals surface area contributed by atoms with Crippen LogP contribution in [-0.4, -0.2) is 22.6 Å². The van der Waals surface area contributed by atoms with E-state index in [1.807, 2.05) is 35.7 Å². The zero-order chi connectivity index (χ0) is 18.8. The van der Waals surface area contributed by atoms with Gasteiger partial charge in [-0.15, -0.1) is 11.3 Å². The molecule has 0 N–H and O–H groups in total. The van der Waals surface area contributed by atoms with Crippen LogP contribution in [0.4, 0.5) is 10.8 Å². The first-order valence-corrected chi connectivity index (χ1v) is 9.44. The summed E-state index contributed by atoms with van der Waals surface area (Å²) < 4.78 is 0.